The van der Waals surface area contributed by atoms with E-state index < -0.39 is 30.2 Å². The number of nitrogens with one attached hydrogen (secondary N) is 4. The maximum Gasteiger partial charge on any atom is 0.407 e. The van der Waals surface area contributed by atoms with Crippen LogP contribution in [0.2, 0.25) is 0 Å². The minimum atomic E-state index is -0.920. The Morgan fingerprint density at radius 1 is 0.818 bits per heavy atom. The van der Waals surface area contributed by atoms with Crippen molar-refractivity contribution in [3.05, 3.63) is 66.1 Å². The van der Waals surface area contributed by atoms with E-state index in [1.807, 2.05) is 30.9 Å². The molecular formula is C40H52N8O7. The van der Waals surface area contributed by atoms with Crippen LogP contribution in [0.4, 0.5) is 9.59 Å². The topological polar surface area (TPSA) is 191 Å². The molecule has 3 aliphatic rings. The highest BCUT2D eigenvalue weighted by atomic mass is 16.5. The number of alkyl carbamates (subject to hydrolysis) is 2. The number of benzene rings is 2. The summed E-state index contributed by atoms with van der Waals surface area (Å²) in [6.45, 7) is 6.95. The first kappa shape index (κ1) is 39.3. The van der Waals surface area contributed by atoms with Gasteiger partial charge in [0.05, 0.1) is 50.8 Å². The SMILES string of the molecule is COC(=O)N[C@H](C(=O)N1CCC[C@H]1C1=NCC(c2ccc(-c3ccc(-c4cnc([C@@H]5CCCN5C(=O)[C@@H](NC(=O)OC)[C@@H](C)CO)[nH]4)cc3)cc2)N1)C(C)C. The fourth-order valence-corrected chi connectivity index (χ4v) is 7.68. The van der Waals surface area contributed by atoms with E-state index in [4.69, 9.17) is 14.5 Å². The minimum Gasteiger partial charge on any atom is -0.453 e. The largest absolute Gasteiger partial charge is 0.453 e. The molecule has 6 atom stereocenters. The molecule has 0 radical (unpaired) electrons. The molecule has 0 bridgehead atoms. The van der Waals surface area contributed by atoms with Gasteiger partial charge in [-0.15, -0.1) is 0 Å². The molecule has 4 heterocycles. The lowest BCUT2D eigenvalue weighted by Crippen LogP contribution is -2.54. The van der Waals surface area contributed by atoms with Crippen molar-refractivity contribution in [2.45, 2.75) is 76.7 Å². The number of rotatable bonds is 12. The molecule has 1 unspecified atom stereocenters. The summed E-state index contributed by atoms with van der Waals surface area (Å²) >= 11 is 0. The molecule has 0 saturated carbocycles. The van der Waals surface area contributed by atoms with Crippen molar-refractivity contribution >= 4 is 29.8 Å². The van der Waals surface area contributed by atoms with Crippen LogP contribution < -0.4 is 16.0 Å². The first-order valence-corrected chi connectivity index (χ1v) is 19.0. The zero-order chi connectivity index (χ0) is 39.2. The van der Waals surface area contributed by atoms with Crippen LogP contribution in [0.3, 0.4) is 0 Å². The van der Waals surface area contributed by atoms with Gasteiger partial charge in [-0.25, -0.2) is 14.6 Å². The fourth-order valence-electron chi connectivity index (χ4n) is 7.68. The van der Waals surface area contributed by atoms with E-state index in [0.717, 1.165) is 59.5 Å². The van der Waals surface area contributed by atoms with Gasteiger partial charge >= 0.3 is 12.2 Å². The number of ether oxygens (including phenoxy) is 2. The summed E-state index contributed by atoms with van der Waals surface area (Å²) in [5, 5.41) is 18.6. The maximum atomic E-state index is 13.6. The number of carbonyl (C=O) groups excluding carboxylic acids is 4. The Morgan fingerprint density at radius 3 is 1.96 bits per heavy atom. The monoisotopic (exact) mass is 756 g/mol. The first-order valence-electron chi connectivity index (χ1n) is 19.0. The summed E-state index contributed by atoms with van der Waals surface area (Å²) in [4.78, 5) is 67.4. The highest BCUT2D eigenvalue weighted by Gasteiger charge is 2.40. The van der Waals surface area contributed by atoms with E-state index >= 15 is 0 Å². The number of hydrogen-bond donors (Lipinski definition) is 5. The molecule has 4 amide bonds. The second-order valence-corrected chi connectivity index (χ2v) is 14.8. The van der Waals surface area contributed by atoms with Crippen molar-refractivity contribution in [2.75, 3.05) is 40.5 Å². The van der Waals surface area contributed by atoms with Crippen molar-refractivity contribution < 1.29 is 33.8 Å². The van der Waals surface area contributed by atoms with Gasteiger partial charge < -0.3 is 45.3 Å². The number of likely N-dealkylation sites (tertiary alicyclic amines) is 2. The number of amidine groups is 1. The molecule has 2 fully saturated rings. The lowest BCUT2D eigenvalue weighted by atomic mass is 9.99. The number of imidazole rings is 1. The Balaban J connectivity index is 1.07. The third-order valence-electron chi connectivity index (χ3n) is 10.9. The number of aliphatic hydroxyl groups excluding tert-OH is 1. The van der Waals surface area contributed by atoms with E-state index in [1.165, 1.54) is 14.2 Å². The number of amides is 4. The highest BCUT2D eigenvalue weighted by Crippen LogP contribution is 2.34. The molecule has 15 nitrogen and oxygen atoms in total. The van der Waals surface area contributed by atoms with Gasteiger partial charge in [-0.3, -0.25) is 14.6 Å². The zero-order valence-corrected chi connectivity index (χ0v) is 32.1. The number of aliphatic imine (C=N–C) groups is 1. The number of aromatic nitrogens is 2. The predicted molar refractivity (Wildman–Crippen MR) is 206 cm³/mol. The van der Waals surface area contributed by atoms with Crippen LogP contribution >= 0.6 is 0 Å². The van der Waals surface area contributed by atoms with Gasteiger partial charge in [0.1, 0.15) is 23.7 Å². The first-order chi connectivity index (χ1) is 26.5. The molecule has 0 aliphatic carbocycles. The molecule has 55 heavy (non-hydrogen) atoms. The quantitative estimate of drug-likeness (QED) is 0.181. The van der Waals surface area contributed by atoms with Crippen LogP contribution in [0.25, 0.3) is 22.4 Å². The molecule has 0 spiro atoms. The molecule has 15 heteroatoms. The Hall–Kier alpha value is -5.44. The van der Waals surface area contributed by atoms with Crippen LogP contribution in [-0.2, 0) is 19.1 Å². The average molecular weight is 757 g/mol. The second-order valence-electron chi connectivity index (χ2n) is 14.8. The lowest BCUT2D eigenvalue weighted by Gasteiger charge is -2.31. The molecule has 6 rings (SSSR count). The second kappa shape index (κ2) is 17.4. The number of carbonyl (C=O) groups is 4. The molecular weight excluding hydrogens is 704 g/mol. The van der Waals surface area contributed by atoms with Crippen molar-refractivity contribution in [3.8, 4) is 22.4 Å². The number of aromatic amines is 1. The smallest absolute Gasteiger partial charge is 0.407 e. The minimum absolute atomic E-state index is 0.00759. The average Bonchev–Trinajstić information content (AvgIpc) is 4.05. The van der Waals surface area contributed by atoms with E-state index in [0.29, 0.717) is 25.5 Å². The van der Waals surface area contributed by atoms with Crippen LogP contribution in [0.5, 0.6) is 0 Å². The Kier molecular flexibility index (Phi) is 12.4. The number of methoxy groups -OCH3 is 2. The summed E-state index contributed by atoms with van der Waals surface area (Å²) in [7, 11) is 2.53. The third-order valence-corrected chi connectivity index (χ3v) is 10.9. The summed E-state index contributed by atoms with van der Waals surface area (Å²) in [6.07, 6.45) is 3.62. The molecule has 1 aromatic heterocycles. The van der Waals surface area contributed by atoms with Crippen LogP contribution in [0.15, 0.2) is 59.7 Å². The van der Waals surface area contributed by atoms with Crippen LogP contribution in [0.1, 0.15) is 69.9 Å². The van der Waals surface area contributed by atoms with Crippen LogP contribution in [0, 0.1) is 11.8 Å². The van der Waals surface area contributed by atoms with Crippen molar-refractivity contribution in [2.24, 2.45) is 16.8 Å². The van der Waals surface area contributed by atoms with Gasteiger partial charge in [0.15, 0.2) is 0 Å². The normalized spacial score (nSPS) is 21.1. The van der Waals surface area contributed by atoms with Gasteiger partial charge in [-0.2, -0.15) is 0 Å². The molecule has 294 valence electrons. The van der Waals surface area contributed by atoms with Gasteiger partial charge in [0, 0.05) is 25.6 Å². The lowest BCUT2D eigenvalue weighted by molar-refractivity contribution is -0.136. The number of H-pyrrole nitrogens is 1. The van der Waals surface area contributed by atoms with E-state index in [2.05, 4.69) is 62.3 Å². The maximum absolute atomic E-state index is 13.6. The predicted octanol–water partition coefficient (Wildman–Crippen LogP) is 4.17. The summed E-state index contributed by atoms with van der Waals surface area (Å²) < 4.78 is 9.47. The van der Waals surface area contributed by atoms with E-state index in [9.17, 15) is 24.3 Å². The standard InChI is InChI=1S/C40H52N8O7/c1-23(2)33(45-39(52)54-4)37(50)47-18-6-8-31(47)35-41-20-29(43-35)27-14-10-25(11-15-27)26-12-16-28(17-13-26)30-21-42-36(44-30)32-9-7-19-48(32)38(51)34(24(3)22-49)46-40(53)55-5/h10-17,21,23-24,29,31-34,49H,6-9,18-20,22H2,1-5H3,(H,41,43)(H,42,44)(H,45,52)(H,46,53)/t24-,29?,31-,32-,33-,34-/m0/s1. The summed E-state index contributed by atoms with van der Waals surface area (Å²) in [6, 6.07) is 14.6. The van der Waals surface area contributed by atoms with E-state index in [-0.39, 0.29) is 42.5 Å². The van der Waals surface area contributed by atoms with Gasteiger partial charge in [-0.05, 0) is 53.9 Å². The molecule has 3 aliphatic heterocycles. The van der Waals surface area contributed by atoms with Crippen LogP contribution in [-0.4, -0.2) is 113 Å². The molecule has 2 saturated heterocycles. The van der Waals surface area contributed by atoms with Crippen molar-refractivity contribution in [1.82, 2.24) is 35.7 Å². The Bertz CT molecular complexity index is 1860. The molecule has 2 aromatic carbocycles. The molecule has 3 aromatic rings. The number of aliphatic hydroxyl groups is 1. The Morgan fingerprint density at radius 2 is 1.36 bits per heavy atom. The van der Waals surface area contributed by atoms with E-state index in [1.54, 1.807) is 18.0 Å². The summed E-state index contributed by atoms with van der Waals surface area (Å²) in [5.74, 6) is 0.481. The van der Waals surface area contributed by atoms with Crippen molar-refractivity contribution in [1.29, 1.82) is 0 Å². The number of hydrogen-bond acceptors (Lipinski definition) is 10. The van der Waals surface area contributed by atoms with Gasteiger partial charge in [-0.1, -0.05) is 69.3 Å². The summed E-state index contributed by atoms with van der Waals surface area (Å²) in [5.41, 5.74) is 5.01. The van der Waals surface area contributed by atoms with Gasteiger partial charge in [0.2, 0.25) is 11.8 Å². The van der Waals surface area contributed by atoms with Gasteiger partial charge in [0.25, 0.3) is 0 Å². The van der Waals surface area contributed by atoms with Crippen molar-refractivity contribution in [3.63, 3.8) is 0 Å². The third kappa shape index (κ3) is 8.61. The molecule has 5 N–H and O–H groups in total. The zero-order valence-electron chi connectivity index (χ0n) is 32.1. The Labute approximate surface area is 321 Å². The number of nitrogens with zero attached hydrogens (tertiary/aromatic N) is 4. The fraction of sp³-hybridized carbons (Fsp3) is 0.500. The highest BCUT2D eigenvalue weighted by molar-refractivity contribution is 5.95.